The molecule has 1 atom stereocenters. The topological polar surface area (TPSA) is 82.9 Å². The number of ether oxygens (including phenoxy) is 1. The largest absolute Gasteiger partial charge is 0.505 e. The smallest absolute Gasteiger partial charge is 0.258 e. The maximum atomic E-state index is 12.2. The highest BCUT2D eigenvalue weighted by molar-refractivity contribution is 5.96. The first-order valence-electron chi connectivity index (χ1n) is 5.36. The molecule has 0 bridgehead atoms. The van der Waals surface area contributed by atoms with Crippen LogP contribution in [0.2, 0.25) is 0 Å². The third kappa shape index (κ3) is 2.37. The van der Waals surface area contributed by atoms with Gasteiger partial charge < -0.3 is 19.8 Å². The van der Waals surface area contributed by atoms with Crippen molar-refractivity contribution in [3.63, 3.8) is 0 Å². The number of morpholine rings is 1. The zero-order valence-electron chi connectivity index (χ0n) is 9.24. The van der Waals surface area contributed by atoms with Crippen LogP contribution in [0.4, 0.5) is 0 Å². The molecule has 0 aliphatic carbocycles. The summed E-state index contributed by atoms with van der Waals surface area (Å²) in [7, 11) is 0. The summed E-state index contributed by atoms with van der Waals surface area (Å²) >= 11 is 0. The van der Waals surface area contributed by atoms with Gasteiger partial charge in [0.2, 0.25) is 0 Å². The van der Waals surface area contributed by atoms with E-state index in [9.17, 15) is 15.0 Å². The summed E-state index contributed by atoms with van der Waals surface area (Å²) < 4.78 is 5.19. The lowest BCUT2D eigenvalue weighted by atomic mass is 10.1. The lowest BCUT2D eigenvalue weighted by Gasteiger charge is -2.34. The van der Waals surface area contributed by atoms with E-state index in [1.165, 1.54) is 23.4 Å². The second-order valence-electron chi connectivity index (χ2n) is 3.80. The van der Waals surface area contributed by atoms with Crippen LogP contribution in [0.5, 0.6) is 5.75 Å². The Morgan fingerprint density at radius 2 is 2.47 bits per heavy atom. The fourth-order valence-corrected chi connectivity index (χ4v) is 1.80. The molecule has 6 nitrogen and oxygen atoms in total. The van der Waals surface area contributed by atoms with E-state index in [1.54, 1.807) is 0 Å². The third-order valence-electron chi connectivity index (χ3n) is 2.73. The Labute approximate surface area is 98.5 Å². The van der Waals surface area contributed by atoms with Gasteiger partial charge in [-0.2, -0.15) is 0 Å². The average Bonchev–Trinajstić information content (AvgIpc) is 2.38. The van der Waals surface area contributed by atoms with Crippen LogP contribution in [0.3, 0.4) is 0 Å². The van der Waals surface area contributed by atoms with Gasteiger partial charge in [-0.15, -0.1) is 0 Å². The van der Waals surface area contributed by atoms with E-state index in [0.29, 0.717) is 19.8 Å². The van der Waals surface area contributed by atoms with Crippen molar-refractivity contribution >= 4 is 5.91 Å². The minimum atomic E-state index is -0.358. The zero-order chi connectivity index (χ0) is 12.3. The van der Waals surface area contributed by atoms with E-state index in [-0.39, 0.29) is 29.9 Å². The monoisotopic (exact) mass is 238 g/mol. The Balaban J connectivity index is 2.21. The van der Waals surface area contributed by atoms with Crippen molar-refractivity contribution in [1.82, 2.24) is 9.88 Å². The van der Waals surface area contributed by atoms with Crippen LogP contribution < -0.4 is 0 Å². The van der Waals surface area contributed by atoms with Gasteiger partial charge >= 0.3 is 0 Å². The minimum absolute atomic E-state index is 0.152. The van der Waals surface area contributed by atoms with Crippen molar-refractivity contribution in [2.45, 2.75) is 6.04 Å². The Morgan fingerprint density at radius 1 is 1.65 bits per heavy atom. The normalized spacial score (nSPS) is 20.3. The van der Waals surface area contributed by atoms with Gasteiger partial charge in [-0.3, -0.25) is 9.78 Å². The van der Waals surface area contributed by atoms with Crippen LogP contribution in [0.1, 0.15) is 10.4 Å². The number of pyridine rings is 1. The summed E-state index contributed by atoms with van der Waals surface area (Å²) in [5.41, 5.74) is 0.195. The number of carbonyl (C=O) groups excluding carboxylic acids is 1. The van der Waals surface area contributed by atoms with E-state index in [0.717, 1.165) is 0 Å². The summed E-state index contributed by atoms with van der Waals surface area (Å²) in [6.45, 7) is 1.01. The molecule has 92 valence electrons. The first kappa shape index (κ1) is 11.8. The van der Waals surface area contributed by atoms with Crippen LogP contribution in [0.15, 0.2) is 18.5 Å². The number of nitrogens with zero attached hydrogens (tertiary/aromatic N) is 2. The van der Waals surface area contributed by atoms with E-state index >= 15 is 0 Å². The summed E-state index contributed by atoms with van der Waals surface area (Å²) in [6.07, 6.45) is 2.67. The van der Waals surface area contributed by atoms with Crippen LogP contribution in [-0.2, 0) is 4.74 Å². The fourth-order valence-electron chi connectivity index (χ4n) is 1.80. The van der Waals surface area contributed by atoms with Gasteiger partial charge in [-0.25, -0.2) is 0 Å². The molecule has 2 heterocycles. The molecular weight excluding hydrogens is 224 g/mol. The van der Waals surface area contributed by atoms with E-state index in [4.69, 9.17) is 4.74 Å². The number of aromatic hydroxyl groups is 1. The molecule has 1 unspecified atom stereocenters. The molecule has 17 heavy (non-hydrogen) atoms. The van der Waals surface area contributed by atoms with Crippen molar-refractivity contribution in [3.8, 4) is 5.75 Å². The second-order valence-corrected chi connectivity index (χ2v) is 3.80. The van der Waals surface area contributed by atoms with Crippen LogP contribution in [-0.4, -0.2) is 58.4 Å². The molecule has 2 N–H and O–H groups in total. The van der Waals surface area contributed by atoms with Crippen molar-refractivity contribution < 1.29 is 19.7 Å². The SMILES string of the molecule is O=C(c1ccncc1O)N1CCOCC1CO. The molecule has 2 rings (SSSR count). The molecule has 0 radical (unpaired) electrons. The summed E-state index contributed by atoms with van der Waals surface area (Å²) in [4.78, 5) is 17.4. The van der Waals surface area contributed by atoms with Crippen molar-refractivity contribution in [3.05, 3.63) is 24.0 Å². The molecule has 0 spiro atoms. The summed E-state index contributed by atoms with van der Waals surface area (Å²) in [6, 6.07) is 1.10. The number of hydrogen-bond acceptors (Lipinski definition) is 5. The number of amides is 1. The van der Waals surface area contributed by atoms with Crippen LogP contribution in [0.25, 0.3) is 0 Å². The predicted molar refractivity (Wildman–Crippen MR) is 58.6 cm³/mol. The highest BCUT2D eigenvalue weighted by atomic mass is 16.5. The molecule has 0 aromatic carbocycles. The molecule has 0 saturated carbocycles. The maximum absolute atomic E-state index is 12.2. The number of aliphatic hydroxyl groups excluding tert-OH is 1. The zero-order valence-corrected chi connectivity index (χ0v) is 9.24. The number of hydrogen-bond donors (Lipinski definition) is 2. The second kappa shape index (κ2) is 5.11. The van der Waals surface area contributed by atoms with Crippen molar-refractivity contribution in [1.29, 1.82) is 0 Å². The maximum Gasteiger partial charge on any atom is 0.258 e. The molecule has 1 saturated heterocycles. The summed E-state index contributed by atoms with van der Waals surface area (Å²) in [5.74, 6) is -0.465. The standard InChI is InChI=1S/C11H14N2O4/c14-6-8-7-17-4-3-13(8)11(16)9-1-2-12-5-10(9)15/h1-2,5,8,14-15H,3-4,6-7H2. The van der Waals surface area contributed by atoms with E-state index < -0.39 is 0 Å². The number of rotatable bonds is 2. The number of aromatic nitrogens is 1. The van der Waals surface area contributed by atoms with Gasteiger partial charge in [0.1, 0.15) is 5.75 Å². The van der Waals surface area contributed by atoms with Gasteiger partial charge in [0.05, 0.1) is 37.6 Å². The Morgan fingerprint density at radius 3 is 3.18 bits per heavy atom. The van der Waals surface area contributed by atoms with Gasteiger partial charge in [-0.1, -0.05) is 0 Å². The van der Waals surface area contributed by atoms with E-state index in [1.807, 2.05) is 0 Å². The van der Waals surface area contributed by atoms with Crippen molar-refractivity contribution in [2.24, 2.45) is 0 Å². The third-order valence-corrected chi connectivity index (χ3v) is 2.73. The van der Waals surface area contributed by atoms with Gasteiger partial charge in [-0.05, 0) is 6.07 Å². The molecule has 6 heteroatoms. The minimum Gasteiger partial charge on any atom is -0.505 e. The predicted octanol–water partition coefficient (Wildman–Crippen LogP) is -0.380. The molecule has 1 aliphatic rings. The first-order chi connectivity index (χ1) is 8.24. The highest BCUT2D eigenvalue weighted by Crippen LogP contribution is 2.19. The Bertz CT molecular complexity index is 410. The Hall–Kier alpha value is -1.66. The molecule has 1 aromatic heterocycles. The van der Waals surface area contributed by atoms with Crippen LogP contribution in [0, 0.1) is 0 Å². The Kier molecular flexibility index (Phi) is 3.55. The first-order valence-corrected chi connectivity index (χ1v) is 5.36. The molecule has 1 amide bonds. The molecular formula is C11H14N2O4. The lowest BCUT2D eigenvalue weighted by Crippen LogP contribution is -2.50. The number of aliphatic hydroxyl groups is 1. The molecule has 1 aliphatic heterocycles. The number of carbonyl (C=O) groups is 1. The van der Waals surface area contributed by atoms with E-state index in [2.05, 4.69) is 4.98 Å². The molecule has 1 fully saturated rings. The highest BCUT2D eigenvalue weighted by Gasteiger charge is 2.28. The van der Waals surface area contributed by atoms with Gasteiger partial charge in [0, 0.05) is 12.7 Å². The molecule has 1 aromatic rings. The average molecular weight is 238 g/mol. The van der Waals surface area contributed by atoms with Crippen molar-refractivity contribution in [2.75, 3.05) is 26.4 Å². The fraction of sp³-hybridized carbons (Fsp3) is 0.455. The van der Waals surface area contributed by atoms with Gasteiger partial charge in [0.15, 0.2) is 0 Å². The summed E-state index contributed by atoms with van der Waals surface area (Å²) in [5, 5.41) is 18.7. The van der Waals surface area contributed by atoms with Crippen LogP contribution >= 0.6 is 0 Å². The quantitative estimate of drug-likeness (QED) is 0.734. The lowest BCUT2D eigenvalue weighted by molar-refractivity contribution is -0.0185. The van der Waals surface area contributed by atoms with Gasteiger partial charge in [0.25, 0.3) is 5.91 Å².